The lowest BCUT2D eigenvalue weighted by molar-refractivity contribution is -0.143. The van der Waals surface area contributed by atoms with Crippen molar-refractivity contribution in [2.45, 2.75) is 247 Å². The van der Waals surface area contributed by atoms with Crippen molar-refractivity contribution < 1.29 is 91.4 Å². The van der Waals surface area contributed by atoms with Gasteiger partial charge in [0.2, 0.25) is 53.2 Å². The first-order valence-electron chi connectivity index (χ1n) is 38.0. The Balaban J connectivity index is 2.01. The number of hydrogen-bond acceptors (Lipinski definition) is 21. The van der Waals surface area contributed by atoms with Gasteiger partial charge < -0.3 is 91.8 Å². The first-order valence-corrected chi connectivity index (χ1v) is 41.9. The molecule has 3 aromatic carbocycles. The third-order valence-corrected chi connectivity index (χ3v) is 19.6. The number of carbonyl (C=O) groups is 11. The van der Waals surface area contributed by atoms with Crippen LogP contribution in [0, 0.1) is 11.3 Å². The molecule has 0 saturated carbocycles. The van der Waals surface area contributed by atoms with E-state index in [1.165, 1.54) is 29.5 Å². The van der Waals surface area contributed by atoms with Crippen molar-refractivity contribution in [2.24, 2.45) is 11.3 Å². The van der Waals surface area contributed by atoms with E-state index in [0.29, 0.717) is 46.8 Å². The summed E-state index contributed by atoms with van der Waals surface area (Å²) in [5.74, 6) is -7.16. The quantitative estimate of drug-likeness (QED) is 0.0218. The number of thioether (sulfide) groups is 1. The molecule has 0 aliphatic carbocycles. The summed E-state index contributed by atoms with van der Waals surface area (Å²) in [5.41, 5.74) is 0.277. The molecule has 0 fully saturated rings. The highest BCUT2D eigenvalue weighted by Crippen LogP contribution is 2.24. The molecule has 0 aromatic heterocycles. The number of alkyl carbamates (subject to hydrolysis) is 1. The smallest absolute Gasteiger partial charge is 0.408 e. The maximum absolute atomic E-state index is 15.1. The second-order valence-corrected chi connectivity index (χ2v) is 35.5. The second kappa shape index (κ2) is 49.1. The Labute approximate surface area is 673 Å². The highest BCUT2D eigenvalue weighted by atomic mass is 33.1. The van der Waals surface area contributed by atoms with Gasteiger partial charge in [-0.3, -0.25) is 43.2 Å². The number of aliphatic carboxylic acids is 1. The third kappa shape index (κ3) is 40.3. The van der Waals surface area contributed by atoms with Gasteiger partial charge in [-0.15, -0.1) is 0 Å². The number of aliphatic hydroxyl groups is 1. The van der Waals surface area contributed by atoms with Crippen LogP contribution < -0.4 is 57.9 Å². The van der Waals surface area contributed by atoms with Crippen LogP contribution in [-0.2, 0) is 97.3 Å². The topological polar surface area (TPSA) is 404 Å². The molecule has 112 heavy (non-hydrogen) atoms. The molecule has 628 valence electrons. The molecule has 29 nitrogen and oxygen atoms in total. The highest BCUT2D eigenvalue weighted by Gasteiger charge is 2.39. The Morgan fingerprint density at radius 3 is 1.50 bits per heavy atom. The summed E-state index contributed by atoms with van der Waals surface area (Å²) in [6.07, 6.45) is 0.329. The Kier molecular flexibility index (Phi) is 43.2. The highest BCUT2D eigenvalue weighted by molar-refractivity contribution is 8.76. The molecule has 2 unspecified atom stereocenters. The van der Waals surface area contributed by atoms with Crippen LogP contribution >= 0.6 is 33.3 Å². The fourth-order valence-electron chi connectivity index (χ4n) is 10.9. The number of ether oxygens (including phenoxy) is 6. The normalized spacial score (nSPS) is 14.8. The summed E-state index contributed by atoms with van der Waals surface area (Å²) in [7, 11) is 2.97. The fraction of sp³-hybridized carbons (Fsp3) is 0.637. The summed E-state index contributed by atoms with van der Waals surface area (Å²) in [4.78, 5) is 155. The molecule has 0 spiro atoms. The number of hydrogen-bond donors (Lipinski definition) is 12. The molecule has 12 N–H and O–H groups in total. The van der Waals surface area contributed by atoms with Gasteiger partial charge in [-0.25, -0.2) is 9.59 Å². The van der Waals surface area contributed by atoms with Crippen LogP contribution in [0.5, 0.6) is 5.75 Å². The summed E-state index contributed by atoms with van der Waals surface area (Å²) in [6, 6.07) is 10.2. The second-order valence-electron chi connectivity index (χ2n) is 31.8. The van der Waals surface area contributed by atoms with E-state index in [1.807, 2.05) is 39.8 Å². The molecule has 0 radical (unpaired) electrons. The SMILES string of the molecule is CCSSC[C@H](NC(=O)OC(C)C)C(=O)NCCOCCOCC(=O)N[C@@H](Cc1ccc(OC(C)(C)C)cc1)C(=O)N[C@@H](COC(C)(C)C)C(=O)N[C@H](C(=O)N[C@@H](CO)C(=O)N[C@@H](Cc1ccc(CC(C)(C)C)cc1)C(=O)N[C@@H](Cc1ccccc1)C(=O)N[C@H](C(=O)N[C@@H](CCSC)C(=O)O)C(C)CC)C(C)OC(C)(C)C. The maximum Gasteiger partial charge on any atom is 0.408 e. The molecule has 32 heteroatoms. The van der Waals surface area contributed by atoms with Gasteiger partial charge in [0.05, 0.1) is 56.4 Å². The van der Waals surface area contributed by atoms with Crippen LogP contribution in [0.4, 0.5) is 4.79 Å². The molecule has 0 aliphatic rings. The van der Waals surface area contributed by atoms with E-state index in [2.05, 4.69) is 73.9 Å². The molecular weight excluding hydrogens is 1500 g/mol. The standard InChI is InChI=1S/C80H126N10O19S3/c1-20-50(5)65(73(99)83-57(75(101)102)35-40-110-19)89-70(96)60(41-52-25-23-22-24-26-52)84-69(95)59(43-53-27-29-55(30-28-53)44-77(7,8)9)85-71(97)61(45-91)86-74(100)66(51(6)108-79(13,14)15)90-72(98)62(46-106-78(10,11)12)87-68(94)58(42-54-31-33-56(34-32-54)109-80(16,17)18)82-64(92)47-105-39-38-104-37-36-81-67(93)63(48-112-111-21-2)88-76(103)107-49(3)4/h22-34,49-51,57-63,65-66,91H,20-21,35-48H2,1-19H3,(H,81,93)(H,82,92)(H,83,99)(H,84,95)(H,85,97)(H,86,100)(H,87,94)(H,88,103)(H,89,96)(H,90,98)(H,101,102)/t50?,51?,57-,58-,59-,60-,61-,62-,63-,65-,66-/m0/s1. The van der Waals surface area contributed by atoms with Crippen molar-refractivity contribution in [1.82, 2.24) is 53.2 Å². The van der Waals surface area contributed by atoms with Crippen molar-refractivity contribution in [2.75, 3.05) is 69.7 Å². The zero-order chi connectivity index (χ0) is 84.1. The van der Waals surface area contributed by atoms with Gasteiger partial charge in [-0.2, -0.15) is 11.8 Å². The van der Waals surface area contributed by atoms with E-state index in [4.69, 9.17) is 28.4 Å². The largest absolute Gasteiger partial charge is 0.488 e. The molecule has 3 rings (SSSR count). The van der Waals surface area contributed by atoms with Crippen LogP contribution in [0.3, 0.4) is 0 Å². The number of amides is 10. The van der Waals surface area contributed by atoms with Gasteiger partial charge in [-0.1, -0.05) is 136 Å². The van der Waals surface area contributed by atoms with Gasteiger partial charge in [0, 0.05) is 37.3 Å². The van der Waals surface area contributed by atoms with Gasteiger partial charge in [0.1, 0.15) is 72.3 Å². The fourth-order valence-corrected chi connectivity index (χ4v) is 13.2. The number of nitrogens with one attached hydrogen (secondary N) is 10. The van der Waals surface area contributed by atoms with Crippen molar-refractivity contribution in [1.29, 1.82) is 0 Å². The van der Waals surface area contributed by atoms with Gasteiger partial charge in [0.15, 0.2) is 0 Å². The van der Waals surface area contributed by atoms with Crippen LogP contribution in [0.25, 0.3) is 0 Å². The van der Waals surface area contributed by atoms with Crippen LogP contribution in [0.2, 0.25) is 0 Å². The molecule has 11 atom stereocenters. The van der Waals surface area contributed by atoms with Crippen LogP contribution in [0.1, 0.15) is 160 Å². The van der Waals surface area contributed by atoms with Gasteiger partial charge >= 0.3 is 12.1 Å². The average Bonchev–Trinajstić information content (AvgIpc) is 0.811. The lowest BCUT2D eigenvalue weighted by Gasteiger charge is -2.33. The lowest BCUT2D eigenvalue weighted by atomic mass is 9.87. The Morgan fingerprint density at radius 2 is 0.982 bits per heavy atom. The molecule has 0 bridgehead atoms. The van der Waals surface area contributed by atoms with E-state index in [1.54, 1.807) is 153 Å². The minimum Gasteiger partial charge on any atom is -0.488 e. The Hall–Kier alpha value is -7.72. The Bertz CT molecular complexity index is 3440. The maximum atomic E-state index is 15.1. The van der Waals surface area contributed by atoms with Crippen molar-refractivity contribution >= 4 is 98.6 Å². The summed E-state index contributed by atoms with van der Waals surface area (Å²) in [6.45, 7) is 30.6. The minimum absolute atomic E-state index is 0.00952. The van der Waals surface area contributed by atoms with E-state index in [0.717, 1.165) is 11.3 Å². The van der Waals surface area contributed by atoms with E-state index < -0.39 is 168 Å². The minimum atomic E-state index is -1.82. The van der Waals surface area contributed by atoms with Crippen LogP contribution in [-0.4, -0.2) is 229 Å². The predicted molar refractivity (Wildman–Crippen MR) is 436 cm³/mol. The number of rotatable bonds is 49. The molecule has 10 amide bonds. The lowest BCUT2D eigenvalue weighted by Crippen LogP contribution is -2.63. The third-order valence-electron chi connectivity index (χ3n) is 16.5. The molecular formula is C80H126N10O19S3. The van der Waals surface area contributed by atoms with Gasteiger partial charge in [0.25, 0.3) is 0 Å². The van der Waals surface area contributed by atoms with E-state index in [9.17, 15) is 58.2 Å². The van der Waals surface area contributed by atoms with Crippen molar-refractivity contribution in [3.8, 4) is 5.75 Å². The molecule has 0 saturated heterocycles. The first kappa shape index (κ1) is 98.5. The molecule has 3 aromatic rings. The average molecular weight is 1630 g/mol. The molecule has 0 heterocycles. The zero-order valence-electron chi connectivity index (χ0n) is 68.8. The van der Waals surface area contributed by atoms with Crippen molar-refractivity contribution in [3.63, 3.8) is 0 Å². The summed E-state index contributed by atoms with van der Waals surface area (Å²) in [5, 5.41) is 47.9. The predicted octanol–water partition coefficient (Wildman–Crippen LogP) is 6.31. The van der Waals surface area contributed by atoms with Crippen molar-refractivity contribution in [3.05, 3.63) is 101 Å². The zero-order valence-corrected chi connectivity index (χ0v) is 71.3. The van der Waals surface area contributed by atoms with E-state index in [-0.39, 0.29) is 63.6 Å². The van der Waals surface area contributed by atoms with E-state index >= 15 is 4.79 Å². The number of carboxylic acids is 1. The number of carbonyl (C=O) groups excluding carboxylic acids is 10. The number of carboxylic acid groups (broad SMARTS) is 1. The van der Waals surface area contributed by atoms with Gasteiger partial charge in [-0.05, 0) is 154 Å². The summed E-state index contributed by atoms with van der Waals surface area (Å²) < 4.78 is 34.8. The monoisotopic (exact) mass is 1630 g/mol. The Morgan fingerprint density at radius 1 is 0.491 bits per heavy atom. The first-order chi connectivity index (χ1) is 52.4. The molecule has 0 aliphatic heterocycles. The summed E-state index contributed by atoms with van der Waals surface area (Å²) >= 11 is 1.41. The number of aliphatic hydroxyl groups excluding tert-OH is 1. The number of benzene rings is 3. The van der Waals surface area contributed by atoms with Crippen LogP contribution in [0.15, 0.2) is 78.9 Å².